The van der Waals surface area contributed by atoms with Crippen LogP contribution in [0.25, 0.3) is 0 Å². The van der Waals surface area contributed by atoms with E-state index >= 15 is 0 Å². The molecule has 1 aromatic carbocycles. The van der Waals surface area contributed by atoms with E-state index in [1.165, 1.54) is 0 Å². The summed E-state index contributed by atoms with van der Waals surface area (Å²) in [4.78, 5) is 26.1. The summed E-state index contributed by atoms with van der Waals surface area (Å²) in [6.07, 6.45) is 6.97. The lowest BCUT2D eigenvalue weighted by Gasteiger charge is -2.34. The van der Waals surface area contributed by atoms with Crippen LogP contribution in [-0.4, -0.2) is 33.9 Å². The average Bonchev–Trinajstić information content (AvgIpc) is 3.27. The van der Waals surface area contributed by atoms with Crippen molar-refractivity contribution in [2.45, 2.75) is 25.9 Å². The molecule has 6 heteroatoms. The fraction of sp³-hybridized carbons (Fsp3) is 0.318. The number of rotatable bonds is 6. The topological polar surface area (TPSA) is 62.5 Å². The Morgan fingerprint density at radius 1 is 1.07 bits per heavy atom. The molecule has 2 aromatic heterocycles. The van der Waals surface area contributed by atoms with Crippen LogP contribution in [0.5, 0.6) is 0 Å². The van der Waals surface area contributed by atoms with Crippen molar-refractivity contribution in [3.05, 3.63) is 78.5 Å². The van der Waals surface area contributed by atoms with E-state index in [1.807, 2.05) is 47.4 Å². The first-order valence-corrected chi connectivity index (χ1v) is 9.66. The zero-order valence-electron chi connectivity index (χ0n) is 15.8. The van der Waals surface area contributed by atoms with E-state index in [9.17, 15) is 4.79 Å². The highest BCUT2D eigenvalue weighted by molar-refractivity contribution is 5.79. The van der Waals surface area contributed by atoms with Gasteiger partial charge in [-0.2, -0.15) is 0 Å². The number of nitrogens with zero attached hydrogens (tertiary/aromatic N) is 4. The normalized spacial score (nSPS) is 16.7. The average molecular weight is 376 g/mol. The van der Waals surface area contributed by atoms with Crippen LogP contribution in [-0.2, 0) is 17.9 Å². The molecule has 0 aliphatic carbocycles. The van der Waals surface area contributed by atoms with Crippen LogP contribution in [0.1, 0.15) is 24.2 Å². The monoisotopic (exact) mass is 376 g/mol. The van der Waals surface area contributed by atoms with Crippen molar-refractivity contribution >= 4 is 11.9 Å². The zero-order valence-corrected chi connectivity index (χ0v) is 15.8. The zero-order chi connectivity index (χ0) is 19.2. The molecule has 0 N–H and O–H groups in total. The Kier molecular flexibility index (Phi) is 5.66. The molecule has 1 fully saturated rings. The Bertz CT molecular complexity index is 868. The van der Waals surface area contributed by atoms with Gasteiger partial charge < -0.3 is 14.2 Å². The predicted molar refractivity (Wildman–Crippen MR) is 106 cm³/mol. The number of carbonyl (C=O) groups is 1. The van der Waals surface area contributed by atoms with Gasteiger partial charge in [0.2, 0.25) is 11.9 Å². The lowest BCUT2D eigenvalue weighted by Crippen LogP contribution is -2.45. The van der Waals surface area contributed by atoms with Gasteiger partial charge >= 0.3 is 0 Å². The van der Waals surface area contributed by atoms with Crippen molar-refractivity contribution in [3.8, 4) is 0 Å². The van der Waals surface area contributed by atoms with E-state index in [1.54, 1.807) is 24.7 Å². The summed E-state index contributed by atoms with van der Waals surface area (Å²) in [5.74, 6) is 1.57. The van der Waals surface area contributed by atoms with Crippen LogP contribution < -0.4 is 4.90 Å². The number of benzene rings is 1. The van der Waals surface area contributed by atoms with Crippen LogP contribution in [0.2, 0.25) is 0 Å². The largest absolute Gasteiger partial charge is 0.467 e. The van der Waals surface area contributed by atoms with Crippen molar-refractivity contribution in [2.24, 2.45) is 5.92 Å². The Balaban J connectivity index is 1.50. The van der Waals surface area contributed by atoms with Gasteiger partial charge in [0, 0.05) is 32.0 Å². The summed E-state index contributed by atoms with van der Waals surface area (Å²) >= 11 is 0. The van der Waals surface area contributed by atoms with E-state index in [-0.39, 0.29) is 11.8 Å². The van der Waals surface area contributed by atoms with Gasteiger partial charge in [-0.1, -0.05) is 30.3 Å². The molecule has 3 aromatic rings. The van der Waals surface area contributed by atoms with Crippen molar-refractivity contribution in [2.75, 3.05) is 18.0 Å². The van der Waals surface area contributed by atoms with Gasteiger partial charge in [0.15, 0.2) is 0 Å². The molecule has 1 amide bonds. The fourth-order valence-corrected chi connectivity index (χ4v) is 3.68. The molecule has 0 saturated carbocycles. The maximum Gasteiger partial charge on any atom is 0.228 e. The molecule has 1 atom stereocenters. The molecule has 0 bridgehead atoms. The molecule has 1 saturated heterocycles. The number of piperidine rings is 1. The van der Waals surface area contributed by atoms with Crippen molar-refractivity contribution in [3.63, 3.8) is 0 Å². The van der Waals surface area contributed by atoms with E-state index in [4.69, 9.17) is 4.42 Å². The molecule has 1 unspecified atom stereocenters. The maximum absolute atomic E-state index is 13.4. The van der Waals surface area contributed by atoms with Gasteiger partial charge in [0.05, 0.1) is 18.7 Å². The van der Waals surface area contributed by atoms with Crippen LogP contribution in [0.4, 0.5) is 5.95 Å². The molecule has 144 valence electrons. The summed E-state index contributed by atoms with van der Waals surface area (Å²) in [5.41, 5.74) is 1.11. The minimum Gasteiger partial charge on any atom is -0.467 e. The number of amides is 1. The summed E-state index contributed by atoms with van der Waals surface area (Å²) in [6.45, 7) is 2.56. The first kappa shape index (κ1) is 18.2. The molecule has 4 rings (SSSR count). The minimum absolute atomic E-state index is 0.0729. The predicted octanol–water partition coefficient (Wildman–Crippen LogP) is 3.52. The molecule has 6 nitrogen and oxygen atoms in total. The lowest BCUT2D eigenvalue weighted by molar-refractivity contribution is -0.137. The molecule has 0 spiro atoms. The van der Waals surface area contributed by atoms with E-state index in [0.29, 0.717) is 25.6 Å². The van der Waals surface area contributed by atoms with Gasteiger partial charge in [-0.15, -0.1) is 0 Å². The van der Waals surface area contributed by atoms with Gasteiger partial charge in [-0.3, -0.25) is 4.79 Å². The lowest BCUT2D eigenvalue weighted by atomic mass is 9.96. The van der Waals surface area contributed by atoms with E-state index in [0.717, 1.165) is 30.7 Å². The smallest absolute Gasteiger partial charge is 0.228 e. The number of aromatic nitrogens is 2. The van der Waals surface area contributed by atoms with Gasteiger partial charge in [-0.25, -0.2) is 9.97 Å². The number of hydrogen-bond donors (Lipinski definition) is 0. The van der Waals surface area contributed by atoms with Crippen LogP contribution in [0, 0.1) is 5.92 Å². The second-order valence-corrected chi connectivity index (χ2v) is 7.09. The molecule has 1 aliphatic rings. The minimum atomic E-state index is -0.0729. The first-order chi connectivity index (χ1) is 13.8. The van der Waals surface area contributed by atoms with Gasteiger partial charge in [0.1, 0.15) is 5.76 Å². The van der Waals surface area contributed by atoms with Crippen molar-refractivity contribution < 1.29 is 9.21 Å². The highest BCUT2D eigenvalue weighted by Crippen LogP contribution is 2.23. The SMILES string of the molecule is O=C(C1CCCN(c2ncccn2)C1)N(Cc1ccccc1)Cc1ccco1. The van der Waals surface area contributed by atoms with Crippen LogP contribution >= 0.6 is 0 Å². The highest BCUT2D eigenvalue weighted by atomic mass is 16.3. The van der Waals surface area contributed by atoms with Crippen LogP contribution in [0.3, 0.4) is 0 Å². The van der Waals surface area contributed by atoms with E-state index < -0.39 is 0 Å². The molecular weight excluding hydrogens is 352 g/mol. The first-order valence-electron chi connectivity index (χ1n) is 9.66. The molecular formula is C22H24N4O2. The Morgan fingerprint density at radius 2 is 1.89 bits per heavy atom. The van der Waals surface area contributed by atoms with Gasteiger partial charge in [-0.05, 0) is 36.6 Å². The van der Waals surface area contributed by atoms with Crippen LogP contribution in [0.15, 0.2) is 71.6 Å². The maximum atomic E-state index is 13.4. The summed E-state index contributed by atoms with van der Waals surface area (Å²) < 4.78 is 5.51. The second kappa shape index (κ2) is 8.69. The number of furan rings is 1. The second-order valence-electron chi connectivity index (χ2n) is 7.09. The third-order valence-electron chi connectivity index (χ3n) is 5.06. The van der Waals surface area contributed by atoms with Gasteiger partial charge in [0.25, 0.3) is 0 Å². The number of hydrogen-bond acceptors (Lipinski definition) is 5. The Hall–Kier alpha value is -3.15. The fourth-order valence-electron chi connectivity index (χ4n) is 3.68. The Labute approximate surface area is 164 Å². The molecule has 1 aliphatic heterocycles. The summed E-state index contributed by atoms with van der Waals surface area (Å²) in [6, 6.07) is 15.7. The van der Waals surface area contributed by atoms with E-state index in [2.05, 4.69) is 14.9 Å². The highest BCUT2D eigenvalue weighted by Gasteiger charge is 2.30. The third kappa shape index (κ3) is 4.39. The summed E-state index contributed by atoms with van der Waals surface area (Å²) in [5, 5.41) is 0. The number of carbonyl (C=O) groups excluding carboxylic acids is 1. The van der Waals surface area contributed by atoms with Crippen molar-refractivity contribution in [1.29, 1.82) is 0 Å². The quantitative estimate of drug-likeness (QED) is 0.659. The number of anilines is 1. The van der Waals surface area contributed by atoms with Crippen molar-refractivity contribution in [1.82, 2.24) is 14.9 Å². The molecule has 0 radical (unpaired) electrons. The molecule has 3 heterocycles. The third-order valence-corrected chi connectivity index (χ3v) is 5.06. The molecule has 28 heavy (non-hydrogen) atoms. The standard InChI is InChI=1S/C22H24N4O2/c27-21(19-9-4-13-25(16-19)22-23-11-6-12-24-22)26(17-20-10-5-14-28-20)15-18-7-2-1-3-8-18/h1-3,5-8,10-12,14,19H,4,9,13,15-17H2. The Morgan fingerprint density at radius 3 is 2.64 bits per heavy atom. The summed E-state index contributed by atoms with van der Waals surface area (Å²) in [7, 11) is 0.